The molecule has 1 N–H and O–H groups in total. The summed E-state index contributed by atoms with van der Waals surface area (Å²) in [6.45, 7) is 5.18. The second-order valence-corrected chi connectivity index (χ2v) is 7.75. The zero-order chi connectivity index (χ0) is 18.8. The number of nitrogens with zero attached hydrogens (tertiary/aromatic N) is 5. The van der Waals surface area contributed by atoms with Crippen molar-refractivity contribution in [2.24, 2.45) is 0 Å². The van der Waals surface area contributed by atoms with Gasteiger partial charge in [-0.05, 0) is 19.1 Å². The number of benzene rings is 1. The Kier molecular flexibility index (Phi) is 5.04. The number of aromatic amines is 1. The van der Waals surface area contributed by atoms with Crippen LogP contribution in [0.1, 0.15) is 5.56 Å². The molecule has 1 amide bonds. The van der Waals surface area contributed by atoms with Gasteiger partial charge in [-0.25, -0.2) is 4.98 Å². The number of carbonyl (C=O) groups excluding carboxylic acids is 1. The van der Waals surface area contributed by atoms with Gasteiger partial charge in [0.15, 0.2) is 15.7 Å². The number of carbonyl (C=O) groups is 1. The average molecular weight is 401 g/mol. The number of anilines is 1. The third kappa shape index (κ3) is 3.79. The lowest BCUT2D eigenvalue weighted by atomic mass is 10.1. The van der Waals surface area contributed by atoms with Crippen molar-refractivity contribution in [1.82, 2.24) is 24.6 Å². The van der Waals surface area contributed by atoms with Gasteiger partial charge in [-0.15, -0.1) is 11.3 Å². The van der Waals surface area contributed by atoms with E-state index in [-0.39, 0.29) is 12.5 Å². The molecule has 1 aromatic carbocycles. The Balaban J connectivity index is 1.45. The molecule has 0 aliphatic carbocycles. The minimum Gasteiger partial charge on any atom is -0.345 e. The van der Waals surface area contributed by atoms with Crippen molar-refractivity contribution in [3.8, 4) is 11.4 Å². The highest BCUT2D eigenvalue weighted by Gasteiger charge is 2.23. The van der Waals surface area contributed by atoms with Crippen LogP contribution in [0.15, 0.2) is 35.8 Å². The smallest absolute Gasteiger partial charge is 0.242 e. The van der Waals surface area contributed by atoms with Crippen LogP contribution in [0, 0.1) is 11.7 Å². The number of thiazole rings is 1. The zero-order valence-electron chi connectivity index (χ0n) is 15.0. The van der Waals surface area contributed by atoms with Gasteiger partial charge in [0.2, 0.25) is 5.91 Å². The fraction of sp³-hybridized carbons (Fsp3) is 0.333. The number of hydrogen-bond donors (Lipinski definition) is 1. The lowest BCUT2D eigenvalue weighted by Crippen LogP contribution is -2.49. The molecule has 0 bridgehead atoms. The molecule has 1 aliphatic heterocycles. The van der Waals surface area contributed by atoms with Crippen LogP contribution in [0.2, 0.25) is 0 Å². The van der Waals surface area contributed by atoms with E-state index in [1.54, 1.807) is 15.9 Å². The summed E-state index contributed by atoms with van der Waals surface area (Å²) in [5, 5.41) is 10.1. The van der Waals surface area contributed by atoms with E-state index in [9.17, 15) is 4.79 Å². The highest BCUT2D eigenvalue weighted by Crippen LogP contribution is 2.20. The Hall–Kier alpha value is -2.52. The van der Waals surface area contributed by atoms with Crippen LogP contribution >= 0.6 is 23.6 Å². The average Bonchev–Trinajstić information content (AvgIpc) is 3.34. The lowest BCUT2D eigenvalue weighted by Gasteiger charge is -2.34. The summed E-state index contributed by atoms with van der Waals surface area (Å²) in [5.41, 5.74) is 2.11. The van der Waals surface area contributed by atoms with Crippen LogP contribution in [-0.2, 0) is 11.3 Å². The Labute approximate surface area is 166 Å². The van der Waals surface area contributed by atoms with Crippen LogP contribution in [0.25, 0.3) is 11.4 Å². The van der Waals surface area contributed by atoms with E-state index in [1.165, 1.54) is 5.56 Å². The van der Waals surface area contributed by atoms with Crippen LogP contribution in [0.3, 0.4) is 0 Å². The third-order valence-electron chi connectivity index (χ3n) is 4.68. The van der Waals surface area contributed by atoms with Crippen molar-refractivity contribution >= 4 is 34.6 Å². The van der Waals surface area contributed by atoms with Gasteiger partial charge < -0.3 is 9.80 Å². The highest BCUT2D eigenvalue weighted by atomic mass is 32.1. The maximum absolute atomic E-state index is 12.8. The zero-order valence-corrected chi connectivity index (χ0v) is 16.6. The molecule has 0 spiro atoms. The summed E-state index contributed by atoms with van der Waals surface area (Å²) in [5.74, 6) is 0.745. The van der Waals surface area contributed by atoms with E-state index in [1.807, 2.05) is 47.7 Å². The van der Waals surface area contributed by atoms with Gasteiger partial charge in [0.05, 0.1) is 0 Å². The Morgan fingerprint density at radius 3 is 2.63 bits per heavy atom. The number of aromatic nitrogens is 4. The molecule has 0 radical (unpaired) electrons. The van der Waals surface area contributed by atoms with Gasteiger partial charge in [0.25, 0.3) is 0 Å². The maximum atomic E-state index is 12.8. The standard InChI is InChI=1S/C18H20N6OS2/c1-13-2-4-14(5-3-13)16-20-21-17(26)24(16)12-15(25)22-7-9-23(10-8-22)18-19-6-11-27-18/h2-6,11H,7-10,12H2,1H3,(H,21,26). The molecular formula is C18H20N6OS2. The number of aryl methyl sites for hydroxylation is 1. The molecule has 0 saturated carbocycles. The molecule has 4 rings (SSSR count). The van der Waals surface area contributed by atoms with E-state index in [0.717, 1.165) is 23.8 Å². The van der Waals surface area contributed by atoms with Crippen molar-refractivity contribution in [1.29, 1.82) is 0 Å². The van der Waals surface area contributed by atoms with Crippen LogP contribution < -0.4 is 4.90 Å². The molecule has 7 nitrogen and oxygen atoms in total. The fourth-order valence-electron chi connectivity index (χ4n) is 3.14. The summed E-state index contributed by atoms with van der Waals surface area (Å²) in [4.78, 5) is 21.3. The van der Waals surface area contributed by atoms with Crippen LogP contribution in [-0.4, -0.2) is 56.7 Å². The van der Waals surface area contributed by atoms with Gasteiger partial charge in [-0.1, -0.05) is 29.8 Å². The van der Waals surface area contributed by atoms with Crippen molar-refractivity contribution in [2.45, 2.75) is 13.5 Å². The number of amides is 1. The Morgan fingerprint density at radius 2 is 1.96 bits per heavy atom. The second-order valence-electron chi connectivity index (χ2n) is 6.49. The minimum atomic E-state index is 0.0552. The molecule has 140 valence electrons. The van der Waals surface area contributed by atoms with Gasteiger partial charge in [0.1, 0.15) is 6.54 Å². The molecule has 1 saturated heterocycles. The number of hydrogen-bond acceptors (Lipinski definition) is 6. The minimum absolute atomic E-state index is 0.0552. The highest BCUT2D eigenvalue weighted by molar-refractivity contribution is 7.71. The normalized spacial score (nSPS) is 14.6. The quantitative estimate of drug-likeness (QED) is 0.682. The van der Waals surface area contributed by atoms with Gasteiger partial charge in [0, 0.05) is 43.3 Å². The van der Waals surface area contributed by atoms with E-state index < -0.39 is 0 Å². The largest absolute Gasteiger partial charge is 0.345 e. The van der Waals surface area contributed by atoms with Crippen molar-refractivity contribution in [3.63, 3.8) is 0 Å². The van der Waals surface area contributed by atoms with Crippen molar-refractivity contribution in [3.05, 3.63) is 46.2 Å². The third-order valence-corrected chi connectivity index (χ3v) is 5.83. The molecule has 3 aromatic rings. The first-order valence-corrected chi connectivity index (χ1v) is 10.0. The van der Waals surface area contributed by atoms with E-state index in [4.69, 9.17) is 12.2 Å². The molecule has 9 heteroatoms. The predicted octanol–water partition coefficient (Wildman–Crippen LogP) is 2.72. The predicted molar refractivity (Wildman–Crippen MR) is 108 cm³/mol. The topological polar surface area (TPSA) is 70.1 Å². The van der Waals surface area contributed by atoms with Crippen LogP contribution in [0.5, 0.6) is 0 Å². The number of piperazine rings is 1. The van der Waals surface area contributed by atoms with E-state index in [0.29, 0.717) is 23.7 Å². The van der Waals surface area contributed by atoms with Crippen molar-refractivity contribution in [2.75, 3.05) is 31.1 Å². The molecule has 2 aromatic heterocycles. The van der Waals surface area contributed by atoms with E-state index in [2.05, 4.69) is 20.1 Å². The first kappa shape index (κ1) is 17.9. The lowest BCUT2D eigenvalue weighted by molar-refractivity contribution is -0.132. The maximum Gasteiger partial charge on any atom is 0.242 e. The first-order chi connectivity index (χ1) is 13.1. The van der Waals surface area contributed by atoms with E-state index >= 15 is 0 Å². The van der Waals surface area contributed by atoms with Gasteiger partial charge >= 0.3 is 0 Å². The molecule has 0 unspecified atom stereocenters. The molecular weight excluding hydrogens is 380 g/mol. The van der Waals surface area contributed by atoms with Crippen molar-refractivity contribution < 1.29 is 4.79 Å². The summed E-state index contributed by atoms with van der Waals surface area (Å²) in [6.07, 6.45) is 1.81. The molecule has 1 aliphatic rings. The van der Waals surface area contributed by atoms with Crippen LogP contribution in [0.4, 0.5) is 5.13 Å². The summed E-state index contributed by atoms with van der Waals surface area (Å²) < 4.78 is 2.23. The number of H-pyrrole nitrogens is 1. The second kappa shape index (κ2) is 7.61. The monoisotopic (exact) mass is 400 g/mol. The Morgan fingerprint density at radius 1 is 1.22 bits per heavy atom. The fourth-order valence-corrected chi connectivity index (χ4v) is 4.04. The SMILES string of the molecule is Cc1ccc(-c2n[nH]c(=S)n2CC(=O)N2CCN(c3nccs3)CC2)cc1. The summed E-state index contributed by atoms with van der Waals surface area (Å²) >= 11 is 6.98. The number of nitrogens with one attached hydrogen (secondary N) is 1. The summed E-state index contributed by atoms with van der Waals surface area (Å²) in [7, 11) is 0. The molecule has 3 heterocycles. The molecule has 27 heavy (non-hydrogen) atoms. The summed E-state index contributed by atoms with van der Waals surface area (Å²) in [6, 6.07) is 8.04. The Bertz CT molecular complexity index is 968. The first-order valence-electron chi connectivity index (χ1n) is 8.76. The van der Waals surface area contributed by atoms with Gasteiger partial charge in [-0.3, -0.25) is 14.5 Å². The number of rotatable bonds is 4. The molecule has 0 atom stereocenters. The molecule has 1 fully saturated rings. The van der Waals surface area contributed by atoms with Gasteiger partial charge in [-0.2, -0.15) is 5.10 Å².